The van der Waals surface area contributed by atoms with Crippen LogP contribution in [-0.2, 0) is 11.3 Å². The summed E-state index contributed by atoms with van der Waals surface area (Å²) >= 11 is 0. The van der Waals surface area contributed by atoms with Gasteiger partial charge in [-0.25, -0.2) is 9.50 Å². The van der Waals surface area contributed by atoms with Crippen LogP contribution in [0.3, 0.4) is 0 Å². The van der Waals surface area contributed by atoms with E-state index in [0.717, 1.165) is 72.2 Å². The molecule has 0 aliphatic carbocycles. The molecule has 0 atom stereocenters. The van der Waals surface area contributed by atoms with Crippen LogP contribution in [0, 0.1) is 0 Å². The summed E-state index contributed by atoms with van der Waals surface area (Å²) in [5.74, 6) is 1.53. The molecule has 0 unspecified atom stereocenters. The van der Waals surface area contributed by atoms with E-state index in [-0.39, 0.29) is 5.91 Å². The number of rotatable bonds is 7. The second-order valence-corrected chi connectivity index (χ2v) is 8.63. The normalized spacial score (nSPS) is 15.7. The zero-order chi connectivity index (χ0) is 23.6. The van der Waals surface area contributed by atoms with Gasteiger partial charge in [-0.15, -0.1) is 0 Å². The minimum absolute atomic E-state index is 0.0259. The monoisotopic (exact) mass is 470 g/mol. The molecule has 2 aliphatic rings. The summed E-state index contributed by atoms with van der Waals surface area (Å²) in [6, 6.07) is 15.6. The molecule has 2 aromatic carbocycles. The Morgan fingerprint density at radius 1 is 1.09 bits per heavy atom. The maximum atomic E-state index is 11.9. The van der Waals surface area contributed by atoms with Crippen molar-refractivity contribution in [2.45, 2.75) is 6.54 Å². The molecular formula is C26H26N6O3. The van der Waals surface area contributed by atoms with Gasteiger partial charge in [-0.2, -0.15) is 5.10 Å². The highest BCUT2D eigenvalue weighted by Gasteiger charge is 2.20. The number of hydrogen-bond acceptors (Lipinski definition) is 7. The lowest BCUT2D eigenvalue weighted by Crippen LogP contribution is -2.38. The van der Waals surface area contributed by atoms with Gasteiger partial charge in [0.05, 0.1) is 31.3 Å². The Hall–Kier alpha value is -3.95. The van der Waals surface area contributed by atoms with E-state index in [1.54, 1.807) is 12.4 Å². The van der Waals surface area contributed by atoms with Crippen LogP contribution < -0.4 is 15.4 Å². The summed E-state index contributed by atoms with van der Waals surface area (Å²) < 4.78 is 13.2. The Morgan fingerprint density at radius 2 is 1.94 bits per heavy atom. The van der Waals surface area contributed by atoms with Crippen LogP contribution in [0.1, 0.15) is 15.9 Å². The van der Waals surface area contributed by atoms with Crippen molar-refractivity contribution in [1.29, 1.82) is 0 Å². The molecular weight excluding hydrogens is 444 g/mol. The smallest absolute Gasteiger partial charge is 0.251 e. The van der Waals surface area contributed by atoms with Crippen molar-refractivity contribution < 1.29 is 14.3 Å². The van der Waals surface area contributed by atoms with Gasteiger partial charge in [-0.05, 0) is 48.0 Å². The van der Waals surface area contributed by atoms with Crippen molar-refractivity contribution in [3.8, 4) is 17.0 Å². The van der Waals surface area contributed by atoms with E-state index >= 15 is 0 Å². The number of hydrogen-bond donors (Lipinski definition) is 2. The lowest BCUT2D eigenvalue weighted by Gasteiger charge is -2.26. The van der Waals surface area contributed by atoms with Crippen LogP contribution in [0.5, 0.6) is 5.75 Å². The van der Waals surface area contributed by atoms with Gasteiger partial charge < -0.3 is 20.1 Å². The first kappa shape index (κ1) is 21.6. The minimum atomic E-state index is -0.0259. The average molecular weight is 471 g/mol. The number of nitrogens with one attached hydrogen (secondary N) is 2. The summed E-state index contributed by atoms with van der Waals surface area (Å²) in [6.07, 6.45) is 3.56. The molecule has 1 amide bonds. The predicted molar refractivity (Wildman–Crippen MR) is 132 cm³/mol. The Kier molecular flexibility index (Phi) is 5.77. The van der Waals surface area contributed by atoms with E-state index in [4.69, 9.17) is 9.47 Å². The Bertz CT molecular complexity index is 1360. The minimum Gasteiger partial charge on any atom is -0.492 e. The first-order valence-electron chi connectivity index (χ1n) is 11.8. The number of nitrogens with zero attached hydrogens (tertiary/aromatic N) is 4. The average Bonchev–Trinajstić information content (AvgIpc) is 3.53. The van der Waals surface area contributed by atoms with Crippen LogP contribution in [0.25, 0.3) is 16.8 Å². The molecule has 0 bridgehead atoms. The molecule has 35 heavy (non-hydrogen) atoms. The number of anilines is 2. The Labute approximate surface area is 202 Å². The summed E-state index contributed by atoms with van der Waals surface area (Å²) in [5.41, 5.74) is 5.32. The van der Waals surface area contributed by atoms with Gasteiger partial charge in [-0.1, -0.05) is 6.07 Å². The number of benzene rings is 2. The van der Waals surface area contributed by atoms with E-state index < -0.39 is 0 Å². The largest absolute Gasteiger partial charge is 0.492 e. The topological polar surface area (TPSA) is 93.0 Å². The van der Waals surface area contributed by atoms with Crippen molar-refractivity contribution in [3.63, 3.8) is 0 Å². The molecule has 1 saturated heterocycles. The van der Waals surface area contributed by atoms with Crippen molar-refractivity contribution in [2.75, 3.05) is 44.8 Å². The molecule has 0 spiro atoms. The number of carbonyl (C=O) groups excluding carboxylic acids is 1. The van der Waals surface area contributed by atoms with E-state index in [0.29, 0.717) is 19.0 Å². The van der Waals surface area contributed by atoms with Gasteiger partial charge in [0, 0.05) is 43.0 Å². The predicted octanol–water partition coefficient (Wildman–Crippen LogP) is 3.09. The van der Waals surface area contributed by atoms with Crippen LogP contribution in [0.15, 0.2) is 60.9 Å². The first-order chi connectivity index (χ1) is 17.2. The SMILES string of the molecule is O=C1NCc2cc(-c3cnc(Nc4ccc(OCCN5CCOCC5)cc4)c4ccnn34)ccc21. The van der Waals surface area contributed by atoms with Gasteiger partial charge in [0.15, 0.2) is 5.82 Å². The standard InChI is InChI=1S/C26H26N6O3/c33-26-22-6-1-18(15-19(22)16-28-26)24-17-27-25(23-7-8-29-32(23)24)30-20-2-4-21(5-3-20)35-14-11-31-9-12-34-13-10-31/h1-8,15,17H,9-14,16H2,(H,27,30)(H,28,33). The number of fused-ring (bicyclic) bond motifs is 2. The van der Waals surface area contributed by atoms with Crippen LogP contribution in [0.2, 0.25) is 0 Å². The number of amides is 1. The first-order valence-corrected chi connectivity index (χ1v) is 11.8. The van der Waals surface area contributed by atoms with E-state index in [9.17, 15) is 4.79 Å². The Morgan fingerprint density at radius 3 is 2.80 bits per heavy atom. The zero-order valence-electron chi connectivity index (χ0n) is 19.2. The van der Waals surface area contributed by atoms with E-state index in [1.807, 2.05) is 53.0 Å². The van der Waals surface area contributed by atoms with Crippen molar-refractivity contribution in [2.24, 2.45) is 0 Å². The van der Waals surface area contributed by atoms with E-state index in [2.05, 4.69) is 25.6 Å². The molecule has 1 fully saturated rings. The maximum absolute atomic E-state index is 11.9. The molecule has 2 aromatic heterocycles. The summed E-state index contributed by atoms with van der Waals surface area (Å²) in [5, 5.41) is 10.8. The lowest BCUT2D eigenvalue weighted by molar-refractivity contribution is 0.0322. The molecule has 9 heteroatoms. The van der Waals surface area contributed by atoms with Crippen LogP contribution in [-0.4, -0.2) is 64.9 Å². The van der Waals surface area contributed by atoms with E-state index in [1.165, 1.54) is 0 Å². The maximum Gasteiger partial charge on any atom is 0.251 e. The summed E-state index contributed by atoms with van der Waals surface area (Å²) in [7, 11) is 0. The van der Waals surface area contributed by atoms with Crippen LogP contribution >= 0.6 is 0 Å². The third kappa shape index (κ3) is 4.43. The molecule has 0 saturated carbocycles. The van der Waals surface area contributed by atoms with Crippen molar-refractivity contribution in [1.82, 2.24) is 24.8 Å². The molecule has 2 N–H and O–H groups in total. The molecule has 0 radical (unpaired) electrons. The second-order valence-electron chi connectivity index (χ2n) is 8.63. The third-order valence-corrected chi connectivity index (χ3v) is 6.41. The molecule has 2 aliphatic heterocycles. The quantitative estimate of drug-likeness (QED) is 0.429. The Balaban J connectivity index is 1.15. The van der Waals surface area contributed by atoms with Gasteiger partial charge in [0.1, 0.15) is 17.9 Å². The number of carbonyl (C=O) groups is 1. The summed E-state index contributed by atoms with van der Waals surface area (Å²) in [4.78, 5) is 18.9. The lowest BCUT2D eigenvalue weighted by atomic mass is 10.0. The number of morpholine rings is 1. The summed E-state index contributed by atoms with van der Waals surface area (Å²) in [6.45, 7) is 5.62. The van der Waals surface area contributed by atoms with Crippen molar-refractivity contribution >= 4 is 22.9 Å². The third-order valence-electron chi connectivity index (χ3n) is 6.41. The van der Waals surface area contributed by atoms with Gasteiger partial charge in [0.25, 0.3) is 5.91 Å². The molecule has 4 heterocycles. The van der Waals surface area contributed by atoms with Crippen molar-refractivity contribution in [3.05, 3.63) is 72.1 Å². The van der Waals surface area contributed by atoms with Crippen LogP contribution in [0.4, 0.5) is 11.5 Å². The van der Waals surface area contributed by atoms with Gasteiger partial charge in [-0.3, -0.25) is 9.69 Å². The fourth-order valence-corrected chi connectivity index (χ4v) is 4.49. The molecule has 6 rings (SSSR count). The highest BCUT2D eigenvalue weighted by Crippen LogP contribution is 2.28. The van der Waals surface area contributed by atoms with Gasteiger partial charge >= 0.3 is 0 Å². The number of ether oxygens (including phenoxy) is 2. The highest BCUT2D eigenvalue weighted by atomic mass is 16.5. The van der Waals surface area contributed by atoms with Gasteiger partial charge in [0.2, 0.25) is 0 Å². The molecule has 4 aromatic rings. The molecule has 9 nitrogen and oxygen atoms in total. The fourth-order valence-electron chi connectivity index (χ4n) is 4.49. The number of aromatic nitrogens is 3. The zero-order valence-corrected chi connectivity index (χ0v) is 19.2. The fraction of sp³-hybridized carbons (Fsp3) is 0.269. The molecule has 178 valence electrons. The highest BCUT2D eigenvalue weighted by molar-refractivity contribution is 5.98. The second kappa shape index (κ2) is 9.36.